The summed E-state index contributed by atoms with van der Waals surface area (Å²) in [6.45, 7) is 0. The Balaban J connectivity index is 2.13. The standard InChI is InChI=1S/C11H12O2S/c12-6-10-5-9(7-14-10)11(13)8-3-1-2-4-8/h5-8H,1-4H2. The van der Waals surface area contributed by atoms with Crippen molar-refractivity contribution in [1.82, 2.24) is 0 Å². The highest BCUT2D eigenvalue weighted by molar-refractivity contribution is 7.12. The van der Waals surface area contributed by atoms with E-state index in [2.05, 4.69) is 0 Å². The lowest BCUT2D eigenvalue weighted by atomic mass is 9.98. The van der Waals surface area contributed by atoms with Gasteiger partial charge in [-0.2, -0.15) is 0 Å². The molecule has 14 heavy (non-hydrogen) atoms. The van der Waals surface area contributed by atoms with Crippen molar-refractivity contribution in [3.63, 3.8) is 0 Å². The van der Waals surface area contributed by atoms with E-state index in [9.17, 15) is 9.59 Å². The zero-order valence-corrected chi connectivity index (χ0v) is 8.68. The summed E-state index contributed by atoms with van der Waals surface area (Å²) in [6, 6.07) is 1.71. The Morgan fingerprint density at radius 1 is 1.43 bits per heavy atom. The number of Topliss-reactive ketones (excluding diaryl/α,β-unsaturated/α-hetero) is 1. The van der Waals surface area contributed by atoms with Gasteiger partial charge < -0.3 is 0 Å². The maximum Gasteiger partial charge on any atom is 0.166 e. The van der Waals surface area contributed by atoms with Crippen LogP contribution in [0.5, 0.6) is 0 Å². The molecule has 1 aliphatic rings. The molecule has 1 fully saturated rings. The Bertz CT molecular complexity index is 348. The number of hydrogen-bond acceptors (Lipinski definition) is 3. The summed E-state index contributed by atoms with van der Waals surface area (Å²) in [5, 5.41) is 1.80. The second kappa shape index (κ2) is 4.05. The fraction of sp³-hybridized carbons (Fsp3) is 0.455. The first-order chi connectivity index (χ1) is 6.81. The monoisotopic (exact) mass is 208 g/mol. The molecule has 0 saturated heterocycles. The minimum Gasteiger partial charge on any atom is -0.297 e. The van der Waals surface area contributed by atoms with Crippen molar-refractivity contribution >= 4 is 23.4 Å². The van der Waals surface area contributed by atoms with E-state index in [4.69, 9.17) is 0 Å². The van der Waals surface area contributed by atoms with E-state index < -0.39 is 0 Å². The molecule has 3 heteroatoms. The van der Waals surface area contributed by atoms with Crippen LogP contribution in [0.3, 0.4) is 0 Å². The highest BCUT2D eigenvalue weighted by atomic mass is 32.1. The zero-order chi connectivity index (χ0) is 9.97. The van der Waals surface area contributed by atoms with Gasteiger partial charge in [0.2, 0.25) is 0 Å². The normalized spacial score (nSPS) is 17.1. The molecule has 1 aromatic heterocycles. The lowest BCUT2D eigenvalue weighted by molar-refractivity contribution is 0.0923. The molecule has 1 saturated carbocycles. The highest BCUT2D eigenvalue weighted by Gasteiger charge is 2.24. The number of hydrogen-bond donors (Lipinski definition) is 0. The van der Waals surface area contributed by atoms with Crippen molar-refractivity contribution in [3.05, 3.63) is 21.9 Å². The van der Waals surface area contributed by atoms with E-state index in [-0.39, 0.29) is 11.7 Å². The first-order valence-electron chi connectivity index (χ1n) is 4.89. The third-order valence-corrected chi connectivity index (χ3v) is 3.60. The Labute approximate surface area is 86.9 Å². The molecule has 2 rings (SSSR count). The Hall–Kier alpha value is -0.960. The Kier molecular flexibility index (Phi) is 2.77. The summed E-state index contributed by atoms with van der Waals surface area (Å²) in [4.78, 5) is 23.0. The number of rotatable bonds is 3. The lowest BCUT2D eigenvalue weighted by Gasteiger charge is -2.04. The van der Waals surface area contributed by atoms with Crippen molar-refractivity contribution in [1.29, 1.82) is 0 Å². The van der Waals surface area contributed by atoms with Crippen LogP contribution < -0.4 is 0 Å². The summed E-state index contributed by atoms with van der Waals surface area (Å²) in [6.07, 6.45) is 5.18. The summed E-state index contributed by atoms with van der Waals surface area (Å²) in [5.41, 5.74) is 0.726. The number of thiophene rings is 1. The topological polar surface area (TPSA) is 34.1 Å². The van der Waals surface area contributed by atoms with Crippen molar-refractivity contribution in [2.45, 2.75) is 25.7 Å². The van der Waals surface area contributed by atoms with Crippen molar-refractivity contribution in [2.24, 2.45) is 5.92 Å². The molecule has 0 unspecified atom stereocenters. The van der Waals surface area contributed by atoms with Gasteiger partial charge >= 0.3 is 0 Å². The van der Waals surface area contributed by atoms with Gasteiger partial charge in [0.1, 0.15) is 0 Å². The molecule has 0 N–H and O–H groups in total. The largest absolute Gasteiger partial charge is 0.297 e. The number of ketones is 1. The molecular weight excluding hydrogens is 196 g/mol. The average Bonchev–Trinajstić information content (AvgIpc) is 2.88. The number of aldehydes is 1. The third-order valence-electron chi connectivity index (χ3n) is 2.75. The maximum absolute atomic E-state index is 11.9. The SMILES string of the molecule is O=Cc1cc(C(=O)C2CCCC2)cs1. The van der Waals surface area contributed by atoms with Crippen LogP contribution in [-0.2, 0) is 0 Å². The molecule has 0 aliphatic heterocycles. The molecule has 0 spiro atoms. The summed E-state index contributed by atoms with van der Waals surface area (Å²) in [7, 11) is 0. The number of carbonyl (C=O) groups excluding carboxylic acids is 2. The van der Waals surface area contributed by atoms with Gasteiger partial charge in [-0.1, -0.05) is 12.8 Å². The van der Waals surface area contributed by atoms with Gasteiger partial charge in [-0.05, 0) is 18.9 Å². The van der Waals surface area contributed by atoms with E-state index in [1.54, 1.807) is 11.4 Å². The fourth-order valence-electron chi connectivity index (χ4n) is 1.97. The minimum atomic E-state index is 0.212. The predicted octanol–water partition coefficient (Wildman–Crippen LogP) is 2.93. The second-order valence-corrected chi connectivity index (χ2v) is 4.64. The van der Waals surface area contributed by atoms with E-state index in [1.807, 2.05) is 0 Å². The number of carbonyl (C=O) groups is 2. The van der Waals surface area contributed by atoms with Crippen LogP contribution in [0.1, 0.15) is 45.7 Å². The molecule has 0 aromatic carbocycles. The lowest BCUT2D eigenvalue weighted by Crippen LogP contribution is -2.09. The zero-order valence-electron chi connectivity index (χ0n) is 7.86. The van der Waals surface area contributed by atoms with E-state index in [0.717, 1.165) is 24.7 Å². The Morgan fingerprint density at radius 3 is 2.71 bits per heavy atom. The molecule has 74 valence electrons. The van der Waals surface area contributed by atoms with Crippen LogP contribution in [-0.4, -0.2) is 12.1 Å². The van der Waals surface area contributed by atoms with Gasteiger partial charge in [-0.15, -0.1) is 11.3 Å². The van der Waals surface area contributed by atoms with Crippen LogP contribution in [0.2, 0.25) is 0 Å². The minimum absolute atomic E-state index is 0.212. The van der Waals surface area contributed by atoms with Gasteiger partial charge in [0, 0.05) is 16.9 Å². The average molecular weight is 208 g/mol. The van der Waals surface area contributed by atoms with Gasteiger partial charge in [-0.25, -0.2) is 0 Å². The highest BCUT2D eigenvalue weighted by Crippen LogP contribution is 2.29. The summed E-state index contributed by atoms with van der Waals surface area (Å²) >= 11 is 1.35. The van der Waals surface area contributed by atoms with E-state index >= 15 is 0 Å². The molecule has 1 aromatic rings. The maximum atomic E-state index is 11.9. The molecular formula is C11H12O2S. The van der Waals surface area contributed by atoms with Crippen molar-refractivity contribution in [3.8, 4) is 0 Å². The molecule has 1 heterocycles. The summed E-state index contributed by atoms with van der Waals surface area (Å²) < 4.78 is 0. The fourth-order valence-corrected chi connectivity index (χ4v) is 2.67. The van der Waals surface area contributed by atoms with Crippen LogP contribution in [0.15, 0.2) is 11.4 Å². The molecule has 1 aliphatic carbocycles. The van der Waals surface area contributed by atoms with Crippen molar-refractivity contribution in [2.75, 3.05) is 0 Å². The first kappa shape index (κ1) is 9.59. The Morgan fingerprint density at radius 2 is 2.14 bits per heavy atom. The second-order valence-electron chi connectivity index (χ2n) is 3.70. The molecule has 2 nitrogen and oxygen atoms in total. The quantitative estimate of drug-likeness (QED) is 0.565. The third kappa shape index (κ3) is 1.77. The van der Waals surface area contributed by atoms with Gasteiger partial charge in [-0.3, -0.25) is 9.59 Å². The van der Waals surface area contributed by atoms with Crippen LogP contribution in [0, 0.1) is 5.92 Å². The molecule has 0 amide bonds. The summed E-state index contributed by atoms with van der Waals surface area (Å²) in [5.74, 6) is 0.441. The molecule has 0 atom stereocenters. The molecule has 0 bridgehead atoms. The van der Waals surface area contributed by atoms with E-state index in [0.29, 0.717) is 4.88 Å². The van der Waals surface area contributed by atoms with E-state index in [1.165, 1.54) is 24.2 Å². The van der Waals surface area contributed by atoms with Crippen LogP contribution in [0.25, 0.3) is 0 Å². The van der Waals surface area contributed by atoms with Gasteiger partial charge in [0.25, 0.3) is 0 Å². The van der Waals surface area contributed by atoms with Crippen molar-refractivity contribution < 1.29 is 9.59 Å². The predicted molar refractivity (Wildman–Crippen MR) is 56.0 cm³/mol. The van der Waals surface area contributed by atoms with Crippen LogP contribution in [0.4, 0.5) is 0 Å². The van der Waals surface area contributed by atoms with Crippen LogP contribution >= 0.6 is 11.3 Å². The van der Waals surface area contributed by atoms with Gasteiger partial charge in [0.05, 0.1) is 4.88 Å². The smallest absolute Gasteiger partial charge is 0.166 e. The van der Waals surface area contributed by atoms with Gasteiger partial charge in [0.15, 0.2) is 12.1 Å². The molecule has 0 radical (unpaired) electrons. The first-order valence-corrected chi connectivity index (χ1v) is 5.77.